The summed E-state index contributed by atoms with van der Waals surface area (Å²) in [6, 6.07) is 14.0. The number of hydrogen-bond donors (Lipinski definition) is 2. The molecule has 0 saturated heterocycles. The van der Waals surface area contributed by atoms with Gasteiger partial charge < -0.3 is 34.8 Å². The minimum atomic E-state index is -1.62. The topological polar surface area (TPSA) is 155 Å². The molecule has 0 bridgehead atoms. The summed E-state index contributed by atoms with van der Waals surface area (Å²) in [5.41, 5.74) is 4.53. The first-order chi connectivity index (χ1) is 22.0. The molecular weight excluding hydrogens is 700 g/mol. The van der Waals surface area contributed by atoms with Crippen LogP contribution in [-0.2, 0) is 26.4 Å². The van der Waals surface area contributed by atoms with Gasteiger partial charge in [0.2, 0.25) is 0 Å². The van der Waals surface area contributed by atoms with E-state index in [2.05, 4.69) is 91.2 Å². The molecule has 12 heteroatoms. The van der Waals surface area contributed by atoms with Crippen molar-refractivity contribution in [3.63, 3.8) is 0 Å². The van der Waals surface area contributed by atoms with Crippen LogP contribution in [0.1, 0.15) is 75.6 Å². The number of benzene rings is 3. The molecule has 0 heterocycles. The summed E-state index contributed by atoms with van der Waals surface area (Å²) in [7, 11) is -1.62. The van der Waals surface area contributed by atoms with Crippen LogP contribution in [0.25, 0.3) is 0 Å². The number of ether oxygens (including phenoxy) is 1. The molecule has 0 atom stereocenters. The van der Waals surface area contributed by atoms with Gasteiger partial charge in [-0.3, -0.25) is 9.98 Å². The second kappa shape index (κ2) is 19.5. The van der Waals surface area contributed by atoms with E-state index in [1.807, 2.05) is 18.2 Å². The van der Waals surface area contributed by atoms with E-state index in [9.17, 15) is 10.2 Å². The van der Waals surface area contributed by atoms with Gasteiger partial charge in [0.05, 0.1) is 34.6 Å². The molecule has 1 radical (unpaired) electrons. The standard InChI is InChI=1S/C33H46N2O3Si2.2C2H4O2.Co/c1-21(2)28-17-26(39(6,7)8)14-23(32(28)36)19-34-30-13-12-25(38-5)16-31(30)35-20-24-15-27(40(9,10)11)18-29(22(3)4)33(24)37;2*1-2(3)4;/h12-22,36-37H,1-11H3;2*1H3,(H,3,4);/q;;;+2/p-2. The minimum Gasteiger partial charge on any atom is -0.550 e. The Labute approximate surface area is 304 Å². The normalized spacial score (nSPS) is 11.5. The molecule has 0 fully saturated rings. The van der Waals surface area contributed by atoms with Gasteiger partial charge >= 0.3 is 16.8 Å². The third-order valence-electron chi connectivity index (χ3n) is 7.18. The van der Waals surface area contributed by atoms with Gasteiger partial charge in [-0.1, -0.05) is 102 Å². The summed E-state index contributed by atoms with van der Waals surface area (Å²) in [6.07, 6.45) is 3.45. The summed E-state index contributed by atoms with van der Waals surface area (Å²) in [5.74, 6) is -0.577. The summed E-state index contributed by atoms with van der Waals surface area (Å²) in [5, 5.41) is 42.5. The van der Waals surface area contributed by atoms with Gasteiger partial charge in [-0.2, -0.15) is 0 Å². The Morgan fingerprint density at radius 2 is 1.04 bits per heavy atom. The Kier molecular flexibility index (Phi) is 18.0. The van der Waals surface area contributed by atoms with Crippen LogP contribution < -0.4 is 25.3 Å². The van der Waals surface area contributed by atoms with Crippen LogP contribution in [0.4, 0.5) is 11.4 Å². The van der Waals surface area contributed by atoms with Gasteiger partial charge in [0.25, 0.3) is 0 Å². The maximum absolute atomic E-state index is 11.1. The molecule has 2 N–H and O–H groups in total. The molecule has 0 aliphatic rings. The number of carboxylic acid groups (broad SMARTS) is 2. The maximum Gasteiger partial charge on any atom is 2.00 e. The number of aliphatic carboxylic acids is 2. The van der Waals surface area contributed by atoms with Crippen LogP contribution in [0.15, 0.2) is 52.4 Å². The largest absolute Gasteiger partial charge is 2.00 e. The zero-order valence-corrected chi connectivity index (χ0v) is 34.1. The SMILES string of the molecule is CC(=O)[O-].CC(=O)[O-].COc1ccc(N=Cc2cc([Si](C)(C)C)cc(C(C)C)c2O)c(N=Cc2cc([Si](C)(C)C)cc(C(C)C)c2O)c1.[Co+2]. The second-order valence-corrected chi connectivity index (χ2v) is 24.3. The van der Waals surface area contributed by atoms with E-state index in [0.29, 0.717) is 28.3 Å². The summed E-state index contributed by atoms with van der Waals surface area (Å²) in [4.78, 5) is 27.3. The fraction of sp³-hybridized carbons (Fsp3) is 0.405. The van der Waals surface area contributed by atoms with Crippen molar-refractivity contribution in [2.24, 2.45) is 9.98 Å². The molecule has 0 unspecified atom stereocenters. The first-order valence-electron chi connectivity index (χ1n) is 15.9. The molecule has 3 aromatic carbocycles. The Morgan fingerprint density at radius 3 is 1.35 bits per heavy atom. The van der Waals surface area contributed by atoms with Crippen molar-refractivity contribution in [3.05, 3.63) is 64.7 Å². The van der Waals surface area contributed by atoms with Crippen LogP contribution in [0, 0.1) is 0 Å². The summed E-state index contributed by atoms with van der Waals surface area (Å²) >= 11 is 0. The minimum absolute atomic E-state index is 0. The Morgan fingerprint density at radius 1 is 0.694 bits per heavy atom. The van der Waals surface area contributed by atoms with E-state index >= 15 is 0 Å². The molecule has 49 heavy (non-hydrogen) atoms. The molecule has 0 aliphatic heterocycles. The number of aliphatic imine (C=N–C) groups is 2. The van der Waals surface area contributed by atoms with Crippen LogP contribution in [-0.4, -0.2) is 57.8 Å². The number of carbonyl (C=O) groups excluding carboxylic acids is 2. The molecule has 269 valence electrons. The fourth-order valence-electron chi connectivity index (χ4n) is 4.42. The average Bonchev–Trinajstić information content (AvgIpc) is 2.94. The fourth-order valence-corrected chi connectivity index (χ4v) is 6.78. The molecule has 3 rings (SSSR count). The molecule has 0 aliphatic carbocycles. The van der Waals surface area contributed by atoms with Crippen LogP contribution in [0.3, 0.4) is 0 Å². The number of carboxylic acids is 2. The third-order valence-corrected chi connectivity index (χ3v) is 11.2. The van der Waals surface area contributed by atoms with Gasteiger partial charge in [0.15, 0.2) is 0 Å². The van der Waals surface area contributed by atoms with Gasteiger partial charge in [0, 0.05) is 41.6 Å². The van der Waals surface area contributed by atoms with Gasteiger partial charge in [0.1, 0.15) is 17.2 Å². The zero-order valence-electron chi connectivity index (χ0n) is 31.0. The van der Waals surface area contributed by atoms with E-state index in [1.165, 1.54) is 10.4 Å². The van der Waals surface area contributed by atoms with Crippen molar-refractivity contribution in [2.45, 2.75) is 92.7 Å². The Balaban J connectivity index is 0.00000230. The van der Waals surface area contributed by atoms with Crippen molar-refractivity contribution < 1.29 is 51.5 Å². The predicted molar refractivity (Wildman–Crippen MR) is 199 cm³/mol. The number of methoxy groups -OCH3 is 1. The average molecular weight is 752 g/mol. The van der Waals surface area contributed by atoms with Crippen molar-refractivity contribution in [1.82, 2.24) is 0 Å². The summed E-state index contributed by atoms with van der Waals surface area (Å²) < 4.78 is 5.47. The van der Waals surface area contributed by atoms with E-state index < -0.39 is 28.1 Å². The Hall–Kier alpha value is -3.72. The molecule has 0 aromatic heterocycles. The first kappa shape index (κ1) is 45.3. The molecule has 0 spiro atoms. The van der Waals surface area contributed by atoms with Crippen LogP contribution >= 0.6 is 0 Å². The third kappa shape index (κ3) is 14.7. The number of phenolic OH excluding ortho intramolecular Hbond substituents is 2. The predicted octanol–water partition coefficient (Wildman–Crippen LogP) is 5.45. The smallest absolute Gasteiger partial charge is 0.550 e. The molecule has 0 saturated carbocycles. The number of phenols is 2. The quantitative estimate of drug-likeness (QED) is 0.218. The van der Waals surface area contributed by atoms with Crippen LogP contribution in [0.5, 0.6) is 17.2 Å². The molecular formula is C37H52CoN2O7Si2. The van der Waals surface area contributed by atoms with E-state index in [4.69, 9.17) is 34.5 Å². The molecule has 3 aromatic rings. The maximum atomic E-state index is 11.1. The van der Waals surface area contributed by atoms with Crippen molar-refractivity contribution in [1.29, 1.82) is 0 Å². The van der Waals surface area contributed by atoms with Gasteiger partial charge in [-0.25, -0.2) is 0 Å². The second-order valence-electron chi connectivity index (χ2n) is 14.2. The van der Waals surface area contributed by atoms with Gasteiger partial charge in [-0.05, 0) is 48.9 Å². The number of hydrogen-bond acceptors (Lipinski definition) is 9. The number of carbonyl (C=O) groups is 2. The van der Waals surface area contributed by atoms with Crippen molar-refractivity contribution in [2.75, 3.05) is 7.11 Å². The van der Waals surface area contributed by atoms with E-state index in [0.717, 1.165) is 25.0 Å². The van der Waals surface area contributed by atoms with Crippen LogP contribution in [0.2, 0.25) is 39.3 Å². The molecule has 0 amide bonds. The first-order valence-corrected chi connectivity index (χ1v) is 22.9. The van der Waals surface area contributed by atoms with Crippen molar-refractivity contribution >= 4 is 62.3 Å². The number of nitrogens with zero attached hydrogens (tertiary/aromatic N) is 2. The van der Waals surface area contributed by atoms with Crippen molar-refractivity contribution in [3.8, 4) is 17.2 Å². The number of aromatic hydroxyl groups is 2. The van der Waals surface area contributed by atoms with E-state index in [-0.39, 0.29) is 40.1 Å². The van der Waals surface area contributed by atoms with E-state index in [1.54, 1.807) is 19.5 Å². The zero-order chi connectivity index (χ0) is 37.1. The number of rotatable bonds is 9. The summed E-state index contributed by atoms with van der Waals surface area (Å²) in [6.45, 7) is 24.1. The van der Waals surface area contributed by atoms with Gasteiger partial charge in [-0.15, -0.1) is 0 Å². The monoisotopic (exact) mass is 751 g/mol. The molecule has 9 nitrogen and oxygen atoms in total. The Bertz CT molecular complexity index is 1620.